The van der Waals surface area contributed by atoms with E-state index in [1.54, 1.807) is 6.07 Å². The molecule has 0 bridgehead atoms. The highest BCUT2D eigenvalue weighted by Crippen LogP contribution is 2.55. The fourth-order valence-corrected chi connectivity index (χ4v) is 7.96. The van der Waals surface area contributed by atoms with Gasteiger partial charge in [-0.2, -0.15) is 0 Å². The lowest BCUT2D eigenvalue weighted by Crippen LogP contribution is -2.43. The van der Waals surface area contributed by atoms with Gasteiger partial charge in [-0.15, -0.1) is 0 Å². The second-order valence-electron chi connectivity index (χ2n) is 14.7. The third kappa shape index (κ3) is 4.80. The summed E-state index contributed by atoms with van der Waals surface area (Å²) in [6, 6.07) is 46.0. The number of phenols is 1. The zero-order valence-electron chi connectivity index (χ0n) is 29.7. The van der Waals surface area contributed by atoms with E-state index in [0.29, 0.717) is 0 Å². The predicted molar refractivity (Wildman–Crippen MR) is 212 cm³/mol. The molecule has 52 heavy (non-hydrogen) atoms. The molecule has 0 radical (unpaired) electrons. The van der Waals surface area contributed by atoms with Crippen LogP contribution in [-0.2, 0) is 10.8 Å². The molecule has 0 aliphatic heterocycles. The lowest BCUT2D eigenvalue weighted by molar-refractivity contribution is 0.296. The first-order valence-electron chi connectivity index (χ1n) is 17.8. The second-order valence-corrected chi connectivity index (χ2v) is 14.7. The quantitative estimate of drug-likeness (QED) is 0.197. The first-order valence-corrected chi connectivity index (χ1v) is 17.8. The SMILES string of the molecule is CC1(C)c2ccc(-c3cn(-c4c(-c5ccccc5)cccc4-c4ccccc4)c(-c4cccc5ccncc45)n3)nc2-c2c(O)cccc2C1(C)C. The van der Waals surface area contributed by atoms with Crippen molar-refractivity contribution in [2.45, 2.75) is 38.5 Å². The summed E-state index contributed by atoms with van der Waals surface area (Å²) in [6.07, 6.45) is 5.87. The van der Waals surface area contributed by atoms with Crippen LogP contribution >= 0.6 is 0 Å². The number of aromatic nitrogens is 4. The third-order valence-corrected chi connectivity index (χ3v) is 11.4. The number of benzene rings is 5. The van der Waals surface area contributed by atoms with Crippen molar-refractivity contribution < 1.29 is 5.11 Å². The van der Waals surface area contributed by atoms with Gasteiger partial charge in [0.25, 0.3) is 0 Å². The summed E-state index contributed by atoms with van der Waals surface area (Å²) in [6.45, 7) is 9.05. The van der Waals surface area contributed by atoms with Crippen molar-refractivity contribution in [1.29, 1.82) is 0 Å². The minimum atomic E-state index is -0.242. The molecule has 5 nitrogen and oxygen atoms in total. The van der Waals surface area contributed by atoms with E-state index < -0.39 is 0 Å². The van der Waals surface area contributed by atoms with Crippen LogP contribution in [0.3, 0.4) is 0 Å². The predicted octanol–water partition coefficient (Wildman–Crippen LogP) is 11.4. The highest BCUT2D eigenvalue weighted by atomic mass is 16.3. The number of pyridine rings is 2. The number of rotatable bonds is 5. The Morgan fingerprint density at radius 1 is 0.558 bits per heavy atom. The van der Waals surface area contributed by atoms with E-state index >= 15 is 0 Å². The van der Waals surface area contributed by atoms with E-state index in [4.69, 9.17) is 9.97 Å². The van der Waals surface area contributed by atoms with E-state index in [1.807, 2.05) is 36.7 Å². The second kappa shape index (κ2) is 11.9. The average Bonchev–Trinajstić information content (AvgIpc) is 3.62. The maximum absolute atomic E-state index is 11.3. The first-order chi connectivity index (χ1) is 25.2. The summed E-state index contributed by atoms with van der Waals surface area (Å²) < 4.78 is 2.24. The van der Waals surface area contributed by atoms with Crippen LogP contribution in [0.2, 0.25) is 0 Å². The van der Waals surface area contributed by atoms with Gasteiger partial charge in [-0.25, -0.2) is 9.97 Å². The number of imidazole rings is 1. The zero-order chi connectivity index (χ0) is 35.6. The largest absolute Gasteiger partial charge is 0.507 e. The molecular weight excluding hydrogens is 637 g/mol. The van der Waals surface area contributed by atoms with Gasteiger partial charge in [0.2, 0.25) is 0 Å². The molecule has 0 atom stereocenters. The average molecular weight is 675 g/mol. The number of aromatic hydroxyl groups is 1. The third-order valence-electron chi connectivity index (χ3n) is 11.4. The van der Waals surface area contributed by atoms with Crippen LogP contribution < -0.4 is 0 Å². The van der Waals surface area contributed by atoms with Crippen LogP contribution in [0.1, 0.15) is 38.8 Å². The summed E-state index contributed by atoms with van der Waals surface area (Å²) >= 11 is 0. The van der Waals surface area contributed by atoms with Crippen LogP contribution in [0.5, 0.6) is 5.75 Å². The first kappa shape index (κ1) is 31.6. The molecule has 3 heterocycles. The highest BCUT2D eigenvalue weighted by molar-refractivity contribution is 5.96. The smallest absolute Gasteiger partial charge is 0.146 e. The van der Waals surface area contributed by atoms with Crippen molar-refractivity contribution in [1.82, 2.24) is 19.5 Å². The molecule has 1 N–H and O–H groups in total. The fourth-order valence-electron chi connectivity index (χ4n) is 7.96. The molecule has 0 amide bonds. The van der Waals surface area contributed by atoms with Gasteiger partial charge in [0.1, 0.15) is 17.3 Å². The topological polar surface area (TPSA) is 63.8 Å². The van der Waals surface area contributed by atoms with Gasteiger partial charge in [0.05, 0.1) is 17.1 Å². The Kier molecular flexibility index (Phi) is 7.23. The van der Waals surface area contributed by atoms with Gasteiger partial charge in [-0.05, 0) is 51.3 Å². The highest BCUT2D eigenvalue weighted by Gasteiger charge is 2.47. The molecule has 5 aromatic carbocycles. The van der Waals surface area contributed by atoms with E-state index in [2.05, 4.69) is 147 Å². The van der Waals surface area contributed by atoms with Gasteiger partial charge in [0.15, 0.2) is 0 Å². The van der Waals surface area contributed by atoms with Crippen LogP contribution in [0, 0.1) is 0 Å². The number of hydrogen-bond donors (Lipinski definition) is 1. The minimum absolute atomic E-state index is 0.233. The van der Waals surface area contributed by atoms with E-state index in [9.17, 15) is 5.11 Å². The number of fused-ring (bicyclic) bond motifs is 4. The van der Waals surface area contributed by atoms with E-state index in [0.717, 1.165) is 83.9 Å². The molecule has 0 spiro atoms. The van der Waals surface area contributed by atoms with Crippen molar-refractivity contribution in [3.63, 3.8) is 0 Å². The molecule has 0 saturated heterocycles. The summed E-state index contributed by atoms with van der Waals surface area (Å²) in [7, 11) is 0. The molecule has 0 fully saturated rings. The van der Waals surface area contributed by atoms with Crippen LogP contribution in [0.15, 0.2) is 152 Å². The molecule has 0 unspecified atom stereocenters. The van der Waals surface area contributed by atoms with Gasteiger partial charge in [0, 0.05) is 51.6 Å². The number of hydrogen-bond acceptors (Lipinski definition) is 4. The molecule has 9 rings (SSSR count). The summed E-state index contributed by atoms with van der Waals surface area (Å²) in [4.78, 5) is 15.3. The summed E-state index contributed by atoms with van der Waals surface area (Å²) in [5.41, 5.74) is 11.2. The Morgan fingerprint density at radius 3 is 1.90 bits per heavy atom. The molecule has 8 aromatic rings. The molecule has 252 valence electrons. The van der Waals surface area contributed by atoms with Crippen molar-refractivity contribution in [2.75, 3.05) is 0 Å². The van der Waals surface area contributed by atoms with Crippen molar-refractivity contribution in [2.24, 2.45) is 0 Å². The molecule has 5 heteroatoms. The normalized spacial score (nSPS) is 14.2. The molecule has 1 aliphatic rings. The maximum Gasteiger partial charge on any atom is 0.146 e. The van der Waals surface area contributed by atoms with E-state index in [-0.39, 0.29) is 16.6 Å². The number of para-hydroxylation sites is 1. The Labute approximate surface area is 304 Å². The van der Waals surface area contributed by atoms with Gasteiger partial charge >= 0.3 is 0 Å². The standard InChI is InChI=1S/C47H38N4O/c1-46(2)37-22-13-23-41(52)42(37)43-38(47(46,3)4)24-25-39(49-43)40-29-51(45(50-40)35-21-11-18-32-26-27-48-28-36(32)35)44-33(30-14-7-5-8-15-30)19-12-20-34(44)31-16-9-6-10-17-31/h5-29,52H,1-4H3. The monoisotopic (exact) mass is 674 g/mol. The van der Waals surface area contributed by atoms with Crippen molar-refractivity contribution in [3.8, 4) is 67.7 Å². The van der Waals surface area contributed by atoms with Crippen LogP contribution in [-0.4, -0.2) is 24.6 Å². The van der Waals surface area contributed by atoms with Gasteiger partial charge < -0.3 is 5.11 Å². The van der Waals surface area contributed by atoms with Gasteiger partial charge in [-0.3, -0.25) is 9.55 Å². The zero-order valence-corrected chi connectivity index (χ0v) is 29.7. The molecular formula is C47H38N4O. The minimum Gasteiger partial charge on any atom is -0.507 e. The van der Waals surface area contributed by atoms with Crippen molar-refractivity contribution in [3.05, 3.63) is 163 Å². The van der Waals surface area contributed by atoms with E-state index in [1.165, 1.54) is 0 Å². The Morgan fingerprint density at radius 2 is 1.19 bits per heavy atom. The van der Waals surface area contributed by atoms with Crippen LogP contribution in [0.25, 0.3) is 72.7 Å². The summed E-state index contributed by atoms with van der Waals surface area (Å²) in [5, 5.41) is 13.4. The van der Waals surface area contributed by atoms with Crippen LogP contribution in [0.4, 0.5) is 0 Å². The summed E-state index contributed by atoms with van der Waals surface area (Å²) in [5.74, 6) is 1.03. The number of nitrogens with zero attached hydrogens (tertiary/aromatic N) is 4. The van der Waals surface area contributed by atoms with Crippen molar-refractivity contribution >= 4 is 10.8 Å². The number of phenolic OH excluding ortho intramolecular Hbond substituents is 1. The lowest BCUT2D eigenvalue weighted by atomic mass is 9.56. The Balaban J connectivity index is 1.35. The fraction of sp³-hybridized carbons (Fsp3) is 0.128. The molecule has 3 aromatic heterocycles. The van der Waals surface area contributed by atoms with Gasteiger partial charge in [-0.1, -0.05) is 143 Å². The maximum atomic E-state index is 11.3. The molecule has 0 saturated carbocycles. The lowest BCUT2D eigenvalue weighted by Gasteiger charge is -2.47. The molecule has 1 aliphatic carbocycles. The Hall–Kier alpha value is -6.33. The Bertz CT molecular complexity index is 2570.